The van der Waals surface area contributed by atoms with E-state index in [-0.39, 0.29) is 5.92 Å². The minimum atomic E-state index is 0.0838. The zero-order chi connectivity index (χ0) is 14.4. The van der Waals surface area contributed by atoms with E-state index in [0.717, 1.165) is 28.2 Å². The van der Waals surface area contributed by atoms with Crippen molar-refractivity contribution in [2.45, 2.75) is 43.3 Å². The van der Waals surface area contributed by atoms with Gasteiger partial charge in [-0.25, -0.2) is 0 Å². The van der Waals surface area contributed by atoms with Crippen molar-refractivity contribution in [2.75, 3.05) is 14.2 Å². The molecule has 0 radical (unpaired) electrons. The Morgan fingerprint density at radius 1 is 1.16 bits per heavy atom. The van der Waals surface area contributed by atoms with Crippen LogP contribution in [-0.2, 0) is 4.79 Å². The van der Waals surface area contributed by atoms with Crippen molar-refractivity contribution >= 4 is 18.0 Å². The molecule has 0 fully saturated rings. The SMILES string of the molecule is COc1cc(SC(C)C)cc(OC)c1C(C)CC=O. The van der Waals surface area contributed by atoms with E-state index < -0.39 is 0 Å². The number of carbonyl (C=O) groups is 1. The van der Waals surface area contributed by atoms with Crippen molar-refractivity contribution in [1.82, 2.24) is 0 Å². The smallest absolute Gasteiger partial charge is 0.127 e. The molecule has 0 aromatic heterocycles. The molecule has 106 valence electrons. The van der Waals surface area contributed by atoms with E-state index in [9.17, 15) is 4.79 Å². The topological polar surface area (TPSA) is 35.5 Å². The summed E-state index contributed by atoms with van der Waals surface area (Å²) in [6.45, 7) is 6.29. The Morgan fingerprint density at radius 2 is 1.68 bits per heavy atom. The van der Waals surface area contributed by atoms with Gasteiger partial charge in [0.1, 0.15) is 17.8 Å². The Hall–Kier alpha value is -1.16. The third kappa shape index (κ3) is 4.16. The molecular formula is C15H22O3S. The number of thioether (sulfide) groups is 1. The van der Waals surface area contributed by atoms with Gasteiger partial charge in [-0.3, -0.25) is 0 Å². The van der Waals surface area contributed by atoms with Crippen LogP contribution in [0.4, 0.5) is 0 Å². The quantitative estimate of drug-likeness (QED) is 0.561. The fraction of sp³-hybridized carbons (Fsp3) is 0.533. The van der Waals surface area contributed by atoms with Gasteiger partial charge in [0, 0.05) is 22.1 Å². The van der Waals surface area contributed by atoms with Crippen molar-refractivity contribution in [3.8, 4) is 11.5 Å². The molecule has 1 aromatic rings. The van der Waals surface area contributed by atoms with Crippen molar-refractivity contribution < 1.29 is 14.3 Å². The summed E-state index contributed by atoms with van der Waals surface area (Å²) >= 11 is 1.76. The van der Waals surface area contributed by atoms with Gasteiger partial charge in [-0.05, 0) is 18.1 Å². The number of hydrogen-bond donors (Lipinski definition) is 0. The van der Waals surface area contributed by atoms with Crippen LogP contribution in [0.25, 0.3) is 0 Å². The molecule has 0 N–H and O–H groups in total. The van der Waals surface area contributed by atoms with Crippen LogP contribution in [0.2, 0.25) is 0 Å². The number of ether oxygens (including phenoxy) is 2. The van der Waals surface area contributed by atoms with Crippen LogP contribution in [0, 0.1) is 0 Å². The van der Waals surface area contributed by atoms with Crippen LogP contribution in [0.3, 0.4) is 0 Å². The van der Waals surface area contributed by atoms with Crippen LogP contribution < -0.4 is 9.47 Å². The summed E-state index contributed by atoms with van der Waals surface area (Å²) in [7, 11) is 3.30. The molecular weight excluding hydrogens is 260 g/mol. The lowest BCUT2D eigenvalue weighted by molar-refractivity contribution is -0.108. The molecule has 1 aromatic carbocycles. The molecule has 0 aliphatic carbocycles. The molecule has 19 heavy (non-hydrogen) atoms. The Bertz CT molecular complexity index is 404. The molecule has 0 heterocycles. The molecule has 0 saturated heterocycles. The van der Waals surface area contributed by atoms with E-state index in [0.29, 0.717) is 11.7 Å². The molecule has 1 unspecified atom stereocenters. The highest BCUT2D eigenvalue weighted by Gasteiger charge is 2.19. The van der Waals surface area contributed by atoms with Crippen molar-refractivity contribution in [3.63, 3.8) is 0 Å². The van der Waals surface area contributed by atoms with Crippen molar-refractivity contribution in [1.29, 1.82) is 0 Å². The van der Waals surface area contributed by atoms with Crippen LogP contribution in [0.5, 0.6) is 11.5 Å². The van der Waals surface area contributed by atoms with E-state index in [4.69, 9.17) is 9.47 Å². The monoisotopic (exact) mass is 282 g/mol. The van der Waals surface area contributed by atoms with E-state index >= 15 is 0 Å². The van der Waals surface area contributed by atoms with E-state index in [1.54, 1.807) is 26.0 Å². The van der Waals surface area contributed by atoms with Gasteiger partial charge in [-0.15, -0.1) is 11.8 Å². The lowest BCUT2D eigenvalue weighted by Gasteiger charge is -2.19. The van der Waals surface area contributed by atoms with E-state index in [1.165, 1.54) is 0 Å². The standard InChI is InChI=1S/C15H22O3S/c1-10(2)19-12-8-13(17-4)15(11(3)6-7-16)14(9-12)18-5/h7-11H,6H2,1-5H3. The zero-order valence-electron chi connectivity index (χ0n) is 12.2. The van der Waals surface area contributed by atoms with Gasteiger partial charge in [0.05, 0.1) is 14.2 Å². The first kappa shape index (κ1) is 15.9. The lowest BCUT2D eigenvalue weighted by atomic mass is 9.96. The second kappa shape index (κ2) is 7.43. The number of benzene rings is 1. The maximum atomic E-state index is 10.7. The Balaban J connectivity index is 3.24. The molecule has 0 aliphatic rings. The summed E-state index contributed by atoms with van der Waals surface area (Å²) in [5, 5.41) is 0.493. The number of aldehydes is 1. The largest absolute Gasteiger partial charge is 0.496 e. The van der Waals surface area contributed by atoms with Crippen LogP contribution in [0.1, 0.15) is 38.7 Å². The highest BCUT2D eigenvalue weighted by molar-refractivity contribution is 7.99. The van der Waals surface area contributed by atoms with Gasteiger partial charge < -0.3 is 14.3 Å². The van der Waals surface area contributed by atoms with E-state index in [1.807, 2.05) is 19.1 Å². The summed E-state index contributed by atoms with van der Waals surface area (Å²) in [6.07, 6.45) is 1.39. The molecule has 4 heteroatoms. The molecule has 0 saturated carbocycles. The fourth-order valence-electron chi connectivity index (χ4n) is 2.00. The van der Waals surface area contributed by atoms with Gasteiger partial charge in [0.25, 0.3) is 0 Å². The number of methoxy groups -OCH3 is 2. The predicted molar refractivity (Wildman–Crippen MR) is 79.6 cm³/mol. The van der Waals surface area contributed by atoms with Gasteiger partial charge >= 0.3 is 0 Å². The fourth-order valence-corrected chi connectivity index (χ4v) is 2.90. The summed E-state index contributed by atoms with van der Waals surface area (Å²) in [5.74, 6) is 1.66. The third-order valence-electron chi connectivity index (χ3n) is 2.83. The highest BCUT2D eigenvalue weighted by atomic mass is 32.2. The summed E-state index contributed by atoms with van der Waals surface area (Å²) in [5.41, 5.74) is 0.963. The summed E-state index contributed by atoms with van der Waals surface area (Å²) in [4.78, 5) is 11.8. The Labute approximate surface area is 119 Å². The number of carbonyl (C=O) groups excluding carboxylic acids is 1. The average Bonchev–Trinajstić information content (AvgIpc) is 2.36. The second-order valence-corrected chi connectivity index (χ2v) is 6.36. The highest BCUT2D eigenvalue weighted by Crippen LogP contribution is 2.40. The minimum Gasteiger partial charge on any atom is -0.496 e. The molecule has 1 atom stereocenters. The Morgan fingerprint density at radius 3 is 2.05 bits per heavy atom. The normalized spacial score (nSPS) is 12.3. The van der Waals surface area contributed by atoms with Crippen molar-refractivity contribution in [3.05, 3.63) is 17.7 Å². The first-order chi connectivity index (χ1) is 9.03. The average molecular weight is 282 g/mol. The first-order valence-corrected chi connectivity index (χ1v) is 7.27. The predicted octanol–water partition coefficient (Wildman–Crippen LogP) is 3.90. The maximum Gasteiger partial charge on any atom is 0.127 e. The van der Waals surface area contributed by atoms with E-state index in [2.05, 4.69) is 13.8 Å². The lowest BCUT2D eigenvalue weighted by Crippen LogP contribution is -2.03. The minimum absolute atomic E-state index is 0.0838. The van der Waals surface area contributed by atoms with Crippen LogP contribution in [0.15, 0.2) is 17.0 Å². The van der Waals surface area contributed by atoms with Crippen molar-refractivity contribution in [2.24, 2.45) is 0 Å². The zero-order valence-corrected chi connectivity index (χ0v) is 13.0. The van der Waals surface area contributed by atoms with Gasteiger partial charge in [0.15, 0.2) is 0 Å². The third-order valence-corrected chi connectivity index (χ3v) is 3.81. The number of hydrogen-bond acceptors (Lipinski definition) is 4. The van der Waals surface area contributed by atoms with Gasteiger partial charge in [-0.2, -0.15) is 0 Å². The molecule has 0 amide bonds. The first-order valence-electron chi connectivity index (χ1n) is 6.39. The Kier molecular flexibility index (Phi) is 6.22. The molecule has 1 rings (SSSR count). The molecule has 0 bridgehead atoms. The van der Waals surface area contributed by atoms with Gasteiger partial charge in [0.2, 0.25) is 0 Å². The second-order valence-electron chi connectivity index (χ2n) is 4.71. The number of rotatable bonds is 7. The van der Waals surface area contributed by atoms with Crippen LogP contribution >= 0.6 is 11.8 Å². The summed E-state index contributed by atoms with van der Waals surface area (Å²) in [6, 6.07) is 4.04. The molecule has 0 spiro atoms. The molecule has 3 nitrogen and oxygen atoms in total. The summed E-state index contributed by atoms with van der Waals surface area (Å²) < 4.78 is 10.9. The maximum absolute atomic E-state index is 10.7. The molecule has 0 aliphatic heterocycles. The van der Waals surface area contributed by atoms with Crippen LogP contribution in [-0.4, -0.2) is 25.8 Å². The van der Waals surface area contributed by atoms with Gasteiger partial charge in [-0.1, -0.05) is 20.8 Å².